The second kappa shape index (κ2) is 10.2. The van der Waals surface area contributed by atoms with Gasteiger partial charge in [0.1, 0.15) is 19.0 Å². The lowest BCUT2D eigenvalue weighted by atomic mass is 9.99. The Kier molecular flexibility index (Phi) is 7.41. The van der Waals surface area contributed by atoms with Gasteiger partial charge in [-0.05, 0) is 65.6 Å². The van der Waals surface area contributed by atoms with Crippen LogP contribution in [0.15, 0.2) is 52.4 Å². The topological polar surface area (TPSA) is 83.1 Å². The smallest absolute Gasteiger partial charge is 0.286 e. The first-order valence-electron chi connectivity index (χ1n) is 9.81. The van der Waals surface area contributed by atoms with Gasteiger partial charge in [0, 0.05) is 0 Å². The fourth-order valence-corrected chi connectivity index (χ4v) is 3.59. The highest BCUT2D eigenvalue weighted by Crippen LogP contribution is 2.31. The Morgan fingerprint density at radius 3 is 2.47 bits per heavy atom. The van der Waals surface area contributed by atoms with Gasteiger partial charge >= 0.3 is 0 Å². The molecular formula is C23H26N2O4S. The Morgan fingerprint density at radius 1 is 1.10 bits per heavy atom. The molecule has 0 aliphatic carbocycles. The van der Waals surface area contributed by atoms with Crippen LogP contribution in [0.4, 0.5) is 0 Å². The van der Waals surface area contributed by atoms with Crippen LogP contribution < -0.4 is 19.9 Å². The summed E-state index contributed by atoms with van der Waals surface area (Å²) >= 11 is 1.16. The molecule has 2 aromatic rings. The summed E-state index contributed by atoms with van der Waals surface area (Å²) in [5.41, 5.74) is 7.70. The van der Waals surface area contributed by atoms with Gasteiger partial charge in [0.15, 0.2) is 16.7 Å². The van der Waals surface area contributed by atoms with Crippen LogP contribution in [0.25, 0.3) is 6.08 Å². The molecule has 7 heteroatoms. The van der Waals surface area contributed by atoms with Gasteiger partial charge < -0.3 is 19.9 Å². The maximum Gasteiger partial charge on any atom is 0.286 e. The number of nitrogens with zero attached hydrogens (tertiary/aromatic N) is 1. The molecule has 0 aromatic heterocycles. The number of amides is 1. The summed E-state index contributed by atoms with van der Waals surface area (Å²) in [6, 6.07) is 13.6. The normalized spacial score (nSPS) is 15.8. The maximum absolute atomic E-state index is 11.7. The number of carbonyl (C=O) groups is 1. The molecule has 1 aliphatic rings. The number of carbonyl (C=O) groups excluding carboxylic acids is 1. The van der Waals surface area contributed by atoms with Gasteiger partial charge in [0.05, 0.1) is 12.0 Å². The van der Waals surface area contributed by atoms with Crippen molar-refractivity contribution in [2.75, 3.05) is 20.3 Å². The quantitative estimate of drug-likeness (QED) is 0.466. The zero-order valence-electron chi connectivity index (χ0n) is 17.4. The number of benzene rings is 2. The van der Waals surface area contributed by atoms with E-state index in [4.69, 9.17) is 19.9 Å². The minimum atomic E-state index is -0.328. The van der Waals surface area contributed by atoms with Gasteiger partial charge in [-0.3, -0.25) is 4.79 Å². The SMILES string of the molecule is CC[C@@H](C)c1ccc(OCCOc2ccc(/C=C3/SC(N)=NC3=O)cc2OC)cc1. The van der Waals surface area contributed by atoms with Gasteiger partial charge in [0.2, 0.25) is 0 Å². The average molecular weight is 427 g/mol. The van der Waals surface area contributed by atoms with Gasteiger partial charge in [-0.2, -0.15) is 4.99 Å². The zero-order chi connectivity index (χ0) is 21.5. The monoisotopic (exact) mass is 426 g/mol. The summed E-state index contributed by atoms with van der Waals surface area (Å²) < 4.78 is 17.0. The molecule has 0 saturated carbocycles. The fourth-order valence-electron chi connectivity index (χ4n) is 2.91. The van der Waals surface area contributed by atoms with E-state index in [1.54, 1.807) is 25.3 Å². The standard InChI is InChI=1S/C23H26N2O4S/c1-4-15(2)17-6-8-18(9-7-17)28-11-12-29-19-10-5-16(13-20(19)27-3)14-21-22(26)25-23(24)30-21/h5-10,13-15H,4,11-12H2,1-3H3,(H2,24,25,26)/b21-14+/t15-/m1/s1. The number of amidine groups is 1. The predicted molar refractivity (Wildman–Crippen MR) is 121 cm³/mol. The van der Waals surface area contributed by atoms with E-state index in [2.05, 4.69) is 31.0 Å². The number of rotatable bonds is 9. The zero-order valence-corrected chi connectivity index (χ0v) is 18.2. The Bertz CT molecular complexity index is 954. The van der Waals surface area contributed by atoms with Crippen molar-refractivity contribution in [1.29, 1.82) is 0 Å². The van der Waals surface area contributed by atoms with Crippen molar-refractivity contribution in [3.8, 4) is 17.2 Å². The third-order valence-corrected chi connectivity index (χ3v) is 5.61. The average Bonchev–Trinajstić information content (AvgIpc) is 3.08. The molecule has 30 heavy (non-hydrogen) atoms. The number of thioether (sulfide) groups is 1. The molecule has 0 unspecified atom stereocenters. The highest BCUT2D eigenvalue weighted by molar-refractivity contribution is 8.18. The van der Waals surface area contributed by atoms with Crippen molar-refractivity contribution in [2.24, 2.45) is 10.7 Å². The Hall–Kier alpha value is -2.93. The molecule has 2 N–H and O–H groups in total. The molecule has 0 radical (unpaired) electrons. The molecule has 1 amide bonds. The fraction of sp³-hybridized carbons (Fsp3) is 0.304. The summed E-state index contributed by atoms with van der Waals surface area (Å²) in [7, 11) is 1.57. The third-order valence-electron chi connectivity index (χ3n) is 4.79. The molecule has 6 nitrogen and oxygen atoms in total. The summed E-state index contributed by atoms with van der Waals surface area (Å²) in [6.45, 7) is 5.19. The van der Waals surface area contributed by atoms with Crippen molar-refractivity contribution in [3.63, 3.8) is 0 Å². The lowest BCUT2D eigenvalue weighted by Gasteiger charge is -2.13. The van der Waals surface area contributed by atoms with Gasteiger partial charge in [-0.15, -0.1) is 0 Å². The molecule has 0 fully saturated rings. The Labute approximate surface area is 181 Å². The van der Waals surface area contributed by atoms with Crippen LogP contribution in [0.5, 0.6) is 17.2 Å². The highest BCUT2D eigenvalue weighted by atomic mass is 32.2. The summed E-state index contributed by atoms with van der Waals surface area (Å²) in [5, 5.41) is 0.257. The first-order valence-corrected chi connectivity index (χ1v) is 10.6. The van der Waals surface area contributed by atoms with Gasteiger partial charge in [-0.1, -0.05) is 32.0 Å². The molecule has 0 bridgehead atoms. The molecule has 1 heterocycles. The molecule has 2 aromatic carbocycles. The van der Waals surface area contributed by atoms with Crippen LogP contribution >= 0.6 is 11.8 Å². The Morgan fingerprint density at radius 2 is 1.83 bits per heavy atom. The molecule has 1 atom stereocenters. The van der Waals surface area contributed by atoms with Crippen LogP contribution in [0, 0.1) is 0 Å². The summed E-state index contributed by atoms with van der Waals surface area (Å²) in [4.78, 5) is 15.9. The summed E-state index contributed by atoms with van der Waals surface area (Å²) in [5.74, 6) is 2.22. The van der Waals surface area contributed by atoms with Crippen LogP contribution in [0.3, 0.4) is 0 Å². The van der Waals surface area contributed by atoms with E-state index in [9.17, 15) is 4.79 Å². The Balaban J connectivity index is 1.54. The third kappa shape index (κ3) is 5.57. The van der Waals surface area contributed by atoms with Crippen molar-refractivity contribution in [3.05, 3.63) is 58.5 Å². The van der Waals surface area contributed by atoms with E-state index in [0.29, 0.717) is 35.5 Å². The van der Waals surface area contributed by atoms with E-state index in [1.807, 2.05) is 18.2 Å². The molecule has 3 rings (SSSR count). The minimum Gasteiger partial charge on any atom is -0.493 e. The highest BCUT2D eigenvalue weighted by Gasteiger charge is 2.19. The molecule has 0 spiro atoms. The largest absolute Gasteiger partial charge is 0.493 e. The van der Waals surface area contributed by atoms with Crippen LogP contribution in [-0.4, -0.2) is 31.4 Å². The van der Waals surface area contributed by atoms with Crippen molar-refractivity contribution in [1.82, 2.24) is 0 Å². The second-order valence-corrected chi connectivity index (χ2v) is 7.91. The number of hydrogen-bond donors (Lipinski definition) is 1. The second-order valence-electron chi connectivity index (χ2n) is 6.85. The number of nitrogens with two attached hydrogens (primary N) is 1. The molecule has 1 aliphatic heterocycles. The van der Waals surface area contributed by atoms with E-state index in [0.717, 1.165) is 29.5 Å². The summed E-state index contributed by atoms with van der Waals surface area (Å²) in [6.07, 6.45) is 2.84. The van der Waals surface area contributed by atoms with Crippen LogP contribution in [0.2, 0.25) is 0 Å². The van der Waals surface area contributed by atoms with E-state index in [-0.39, 0.29) is 11.1 Å². The number of hydrogen-bond acceptors (Lipinski definition) is 6. The van der Waals surface area contributed by atoms with E-state index >= 15 is 0 Å². The number of aliphatic imine (C=N–C) groups is 1. The van der Waals surface area contributed by atoms with E-state index < -0.39 is 0 Å². The first-order chi connectivity index (χ1) is 14.5. The molecular weight excluding hydrogens is 400 g/mol. The predicted octanol–water partition coefficient (Wildman–Crippen LogP) is 4.60. The van der Waals surface area contributed by atoms with Crippen molar-refractivity contribution >= 4 is 28.9 Å². The lowest BCUT2D eigenvalue weighted by Crippen LogP contribution is -2.09. The minimum absolute atomic E-state index is 0.257. The van der Waals surface area contributed by atoms with Gasteiger partial charge in [0.25, 0.3) is 5.91 Å². The lowest BCUT2D eigenvalue weighted by molar-refractivity contribution is -0.113. The van der Waals surface area contributed by atoms with E-state index in [1.165, 1.54) is 5.56 Å². The van der Waals surface area contributed by atoms with Gasteiger partial charge in [-0.25, -0.2) is 0 Å². The first kappa shape index (κ1) is 21.8. The number of methoxy groups -OCH3 is 1. The molecule has 158 valence electrons. The van der Waals surface area contributed by atoms with Crippen LogP contribution in [-0.2, 0) is 4.79 Å². The number of ether oxygens (including phenoxy) is 3. The van der Waals surface area contributed by atoms with Crippen molar-refractivity contribution < 1.29 is 19.0 Å². The maximum atomic E-state index is 11.7. The molecule has 0 saturated heterocycles. The van der Waals surface area contributed by atoms with Crippen molar-refractivity contribution in [2.45, 2.75) is 26.2 Å². The van der Waals surface area contributed by atoms with Crippen LogP contribution in [0.1, 0.15) is 37.3 Å².